The normalized spacial score (nSPS) is 27.4. The molecule has 3 saturated heterocycles. The molecule has 6 rings (SSSR count). The summed E-state index contributed by atoms with van der Waals surface area (Å²) in [6, 6.07) is 15.9. The van der Waals surface area contributed by atoms with E-state index in [0.717, 1.165) is 47.2 Å². The van der Waals surface area contributed by atoms with Crippen LogP contribution in [-0.2, 0) is 6.54 Å². The third-order valence-electron chi connectivity index (χ3n) is 7.82. The fraction of sp³-hybridized carbons (Fsp3) is 0.346. The van der Waals surface area contributed by atoms with Gasteiger partial charge in [0.25, 0.3) is 5.69 Å². The highest BCUT2D eigenvalue weighted by atomic mass is 16.6. The van der Waals surface area contributed by atoms with Crippen LogP contribution in [-0.4, -0.2) is 33.6 Å². The first kappa shape index (κ1) is 21.6. The predicted octanol–water partition coefficient (Wildman–Crippen LogP) is 4.03. The molecular formula is C26H28N3O4+. The van der Waals surface area contributed by atoms with Crippen LogP contribution in [0.3, 0.4) is 0 Å². The van der Waals surface area contributed by atoms with Crippen molar-refractivity contribution >= 4 is 16.6 Å². The molecule has 0 spiro atoms. The first-order valence-corrected chi connectivity index (χ1v) is 11.4. The Morgan fingerprint density at radius 3 is 2.85 bits per heavy atom. The molecule has 2 bridgehead atoms. The molecule has 33 heavy (non-hydrogen) atoms. The van der Waals surface area contributed by atoms with Gasteiger partial charge in [0.2, 0.25) is 5.52 Å². The molecule has 0 aliphatic carbocycles. The van der Waals surface area contributed by atoms with Crippen LogP contribution in [0.2, 0.25) is 0 Å². The number of fused-ring (bicyclic) bond motifs is 4. The van der Waals surface area contributed by atoms with Gasteiger partial charge in [-0.05, 0) is 12.0 Å². The number of rotatable bonds is 6. The first-order valence-electron chi connectivity index (χ1n) is 11.4. The smallest absolute Gasteiger partial charge is 0.269 e. The zero-order chi connectivity index (χ0) is 23.2. The van der Waals surface area contributed by atoms with Gasteiger partial charge in [-0.3, -0.25) is 10.1 Å². The van der Waals surface area contributed by atoms with Crippen LogP contribution < -0.4 is 4.73 Å². The van der Waals surface area contributed by atoms with E-state index in [1.165, 1.54) is 12.3 Å². The van der Waals surface area contributed by atoms with Gasteiger partial charge >= 0.3 is 0 Å². The Morgan fingerprint density at radius 1 is 1.24 bits per heavy atom. The van der Waals surface area contributed by atoms with E-state index in [1.807, 2.05) is 30.3 Å². The molecule has 3 aliphatic heterocycles. The highest BCUT2D eigenvalue weighted by molar-refractivity contribution is 5.79. The van der Waals surface area contributed by atoms with E-state index >= 15 is 0 Å². The fourth-order valence-electron chi connectivity index (χ4n) is 6.21. The summed E-state index contributed by atoms with van der Waals surface area (Å²) in [4.78, 5) is 11.0. The van der Waals surface area contributed by atoms with Crippen molar-refractivity contribution in [2.45, 2.75) is 31.5 Å². The minimum atomic E-state index is -0.747. The van der Waals surface area contributed by atoms with Crippen molar-refractivity contribution in [2.75, 3.05) is 13.1 Å². The Bertz CT molecular complexity index is 1230. The summed E-state index contributed by atoms with van der Waals surface area (Å²) in [5, 5.41) is 36.1. The quantitative estimate of drug-likeness (QED) is 0.155. The van der Waals surface area contributed by atoms with E-state index in [1.54, 1.807) is 24.3 Å². The van der Waals surface area contributed by atoms with Gasteiger partial charge in [-0.1, -0.05) is 30.3 Å². The van der Waals surface area contributed by atoms with E-state index in [0.29, 0.717) is 28.4 Å². The number of para-hydroxylation sites is 1. The van der Waals surface area contributed by atoms with Crippen molar-refractivity contribution in [1.29, 1.82) is 0 Å². The number of nitrogens with zero attached hydrogens (tertiary/aromatic N) is 3. The fourth-order valence-corrected chi connectivity index (χ4v) is 6.21. The molecule has 2 aromatic carbocycles. The van der Waals surface area contributed by atoms with E-state index in [-0.39, 0.29) is 16.7 Å². The number of hydrogen-bond donors (Lipinski definition) is 1. The Balaban J connectivity index is 1.56. The third kappa shape index (κ3) is 3.67. The van der Waals surface area contributed by atoms with Gasteiger partial charge in [0.15, 0.2) is 6.20 Å². The third-order valence-corrected chi connectivity index (χ3v) is 7.82. The van der Waals surface area contributed by atoms with Crippen molar-refractivity contribution < 1.29 is 19.2 Å². The van der Waals surface area contributed by atoms with Crippen LogP contribution in [0.25, 0.3) is 10.9 Å². The van der Waals surface area contributed by atoms with Crippen molar-refractivity contribution in [3.63, 3.8) is 0 Å². The summed E-state index contributed by atoms with van der Waals surface area (Å²) in [7, 11) is 0. The second-order valence-corrected chi connectivity index (χ2v) is 9.52. The van der Waals surface area contributed by atoms with Gasteiger partial charge < -0.3 is 14.8 Å². The Hall–Kier alpha value is -3.29. The number of nitro benzene ring substituents is 1. The van der Waals surface area contributed by atoms with E-state index in [2.05, 4.69) is 6.58 Å². The Labute approximate surface area is 192 Å². The average molecular weight is 447 g/mol. The van der Waals surface area contributed by atoms with Crippen LogP contribution in [0.15, 0.2) is 73.4 Å². The summed E-state index contributed by atoms with van der Waals surface area (Å²) in [5.74, 6) is 0.823. The van der Waals surface area contributed by atoms with Gasteiger partial charge in [0.1, 0.15) is 18.7 Å². The number of benzene rings is 2. The van der Waals surface area contributed by atoms with Crippen molar-refractivity contribution in [3.05, 3.63) is 99.9 Å². The monoisotopic (exact) mass is 446 g/mol. The second-order valence-electron chi connectivity index (χ2n) is 9.52. The zero-order valence-electron chi connectivity index (χ0n) is 18.4. The molecule has 1 aromatic heterocycles. The van der Waals surface area contributed by atoms with Gasteiger partial charge in [-0.2, -0.15) is 4.73 Å². The molecule has 5 unspecified atom stereocenters. The maximum absolute atomic E-state index is 12.3. The molecule has 3 aliphatic rings. The number of pyridine rings is 1. The number of piperidine rings is 3. The molecule has 0 saturated carbocycles. The Morgan fingerprint density at radius 2 is 2.06 bits per heavy atom. The van der Waals surface area contributed by atoms with Gasteiger partial charge in [-0.25, -0.2) is 0 Å². The van der Waals surface area contributed by atoms with Crippen molar-refractivity contribution in [3.8, 4) is 0 Å². The summed E-state index contributed by atoms with van der Waals surface area (Å²) in [5.41, 5.74) is 2.30. The molecule has 1 N–H and O–H groups in total. The lowest BCUT2D eigenvalue weighted by Gasteiger charge is -2.58. The van der Waals surface area contributed by atoms with Gasteiger partial charge in [0, 0.05) is 54.2 Å². The lowest BCUT2D eigenvalue weighted by Crippen LogP contribution is -2.67. The summed E-state index contributed by atoms with van der Waals surface area (Å²) in [6.07, 6.45) is 4.65. The summed E-state index contributed by atoms with van der Waals surface area (Å²) in [6.45, 7) is 6.44. The SMILES string of the molecule is C=CC1C[N+]2(Cc3cccc([N+](=O)[O-])c3)CCC1CC2C(O)c1cc[n+]([O-])c2ccccc12. The first-order chi connectivity index (χ1) is 15.9. The lowest BCUT2D eigenvalue weighted by molar-refractivity contribution is -0.984. The highest BCUT2D eigenvalue weighted by Gasteiger charge is 2.54. The maximum atomic E-state index is 12.3. The number of nitro groups is 1. The molecule has 0 amide bonds. The topological polar surface area (TPSA) is 90.3 Å². The summed E-state index contributed by atoms with van der Waals surface area (Å²) < 4.78 is 1.50. The molecule has 0 radical (unpaired) electrons. The van der Waals surface area contributed by atoms with Gasteiger partial charge in [-0.15, -0.1) is 6.58 Å². The lowest BCUT2D eigenvalue weighted by atomic mass is 9.71. The molecule has 170 valence electrons. The minimum absolute atomic E-state index is 0.0647. The van der Waals surface area contributed by atoms with Gasteiger partial charge in [0.05, 0.1) is 23.4 Å². The largest absolute Gasteiger partial charge is 0.618 e. The maximum Gasteiger partial charge on any atom is 0.269 e. The van der Waals surface area contributed by atoms with E-state index < -0.39 is 6.10 Å². The van der Waals surface area contributed by atoms with E-state index in [4.69, 9.17) is 0 Å². The standard InChI is InChI=1S/C26H28N3O4/c1-2-19-17-29(16-18-6-5-7-21(14-18)28(32)33)13-11-20(19)15-25(29)26(30)23-10-12-27(31)24-9-4-3-8-22(23)24/h2-10,12,14,19-20,25-26,30H,1,11,13,15-17H2/q+1. The average Bonchev–Trinajstić information content (AvgIpc) is 2.84. The molecule has 7 heteroatoms. The van der Waals surface area contributed by atoms with Crippen molar-refractivity contribution in [2.24, 2.45) is 11.8 Å². The zero-order valence-corrected chi connectivity index (χ0v) is 18.4. The highest BCUT2D eigenvalue weighted by Crippen LogP contribution is 2.48. The number of aliphatic hydroxyl groups excluding tert-OH is 1. The molecule has 3 aromatic rings. The number of aliphatic hydroxyl groups is 1. The number of non-ortho nitro benzene ring substituents is 1. The molecule has 5 atom stereocenters. The van der Waals surface area contributed by atoms with Crippen LogP contribution >= 0.6 is 0 Å². The number of quaternary nitrogens is 1. The minimum Gasteiger partial charge on any atom is -0.618 e. The van der Waals surface area contributed by atoms with Crippen molar-refractivity contribution in [1.82, 2.24) is 0 Å². The number of aromatic nitrogens is 1. The predicted molar refractivity (Wildman–Crippen MR) is 125 cm³/mol. The van der Waals surface area contributed by atoms with Crippen LogP contribution in [0, 0.1) is 27.2 Å². The molecule has 4 heterocycles. The second kappa shape index (κ2) is 8.24. The molecule has 7 nitrogen and oxygen atoms in total. The summed E-state index contributed by atoms with van der Waals surface area (Å²) >= 11 is 0. The van der Waals surface area contributed by atoms with Crippen LogP contribution in [0.5, 0.6) is 0 Å². The molecular weight excluding hydrogens is 418 g/mol. The molecule has 3 fully saturated rings. The van der Waals surface area contributed by atoms with E-state index in [9.17, 15) is 20.4 Å². The Kier molecular flexibility index (Phi) is 5.38. The van der Waals surface area contributed by atoms with Crippen LogP contribution in [0.4, 0.5) is 5.69 Å². The number of hydrogen-bond acceptors (Lipinski definition) is 4. The van der Waals surface area contributed by atoms with Crippen LogP contribution in [0.1, 0.15) is 30.1 Å².